The van der Waals surface area contributed by atoms with E-state index in [1.807, 2.05) is 12.1 Å². The third-order valence-electron chi connectivity index (χ3n) is 6.05. The Morgan fingerprint density at radius 1 is 1.14 bits per heavy atom. The Kier molecular flexibility index (Phi) is 7.72. The summed E-state index contributed by atoms with van der Waals surface area (Å²) in [5.74, 6) is -3.04. The minimum Gasteiger partial charge on any atom is -0.467 e. The van der Waals surface area contributed by atoms with Gasteiger partial charge in [-0.3, -0.25) is 9.59 Å². The maximum atomic E-state index is 12.9. The third-order valence-corrected chi connectivity index (χ3v) is 8.17. The van der Waals surface area contributed by atoms with Gasteiger partial charge in [0, 0.05) is 24.3 Å². The average molecular weight is 564 g/mol. The zero-order valence-corrected chi connectivity index (χ0v) is 22.2. The van der Waals surface area contributed by atoms with Crippen LogP contribution in [0.3, 0.4) is 0 Å². The number of nitrogens with zero attached hydrogens (tertiary/aromatic N) is 2. The maximum Gasteiger partial charge on any atom is 0.328 e. The van der Waals surface area contributed by atoms with E-state index in [9.17, 15) is 22.8 Å². The Balaban J connectivity index is 1.57. The highest BCUT2D eigenvalue weighted by atomic mass is 35.5. The van der Waals surface area contributed by atoms with Gasteiger partial charge in [-0.1, -0.05) is 41.4 Å². The fourth-order valence-corrected chi connectivity index (χ4v) is 6.53. The highest BCUT2D eigenvalue weighted by Crippen LogP contribution is 2.34. The number of nitrogens with one attached hydrogen (secondary N) is 1. The van der Waals surface area contributed by atoms with Crippen molar-refractivity contribution in [3.05, 3.63) is 64.1 Å². The van der Waals surface area contributed by atoms with Gasteiger partial charge in [-0.2, -0.15) is 0 Å². The van der Waals surface area contributed by atoms with Gasteiger partial charge in [0.25, 0.3) is 0 Å². The number of benzene rings is 2. The van der Waals surface area contributed by atoms with E-state index in [-0.39, 0.29) is 6.42 Å². The first-order chi connectivity index (χ1) is 17.5. The number of carbonyl (C=O) groups excluding carboxylic acids is 3. The van der Waals surface area contributed by atoms with Crippen LogP contribution >= 0.6 is 23.2 Å². The number of hydrogen-bond donors (Lipinski definition) is 1. The first-order valence-electron chi connectivity index (χ1n) is 11.2. The summed E-state index contributed by atoms with van der Waals surface area (Å²) in [6, 6.07) is 11.9. The van der Waals surface area contributed by atoms with E-state index in [0.717, 1.165) is 10.3 Å². The van der Waals surface area contributed by atoms with Crippen molar-refractivity contribution in [1.29, 1.82) is 0 Å². The molecule has 1 aromatic heterocycles. The van der Waals surface area contributed by atoms with Gasteiger partial charge in [0.15, 0.2) is 9.84 Å². The molecule has 0 aliphatic carbocycles. The number of ether oxygens (including phenoxy) is 1. The molecule has 2 heterocycles. The minimum atomic E-state index is -3.60. The molecule has 9 nitrogen and oxygen atoms in total. The molecule has 0 spiro atoms. The van der Waals surface area contributed by atoms with Crippen molar-refractivity contribution in [1.82, 2.24) is 15.2 Å². The molecule has 2 amide bonds. The quantitative estimate of drug-likeness (QED) is 0.457. The van der Waals surface area contributed by atoms with Crippen LogP contribution in [-0.2, 0) is 35.4 Å². The lowest BCUT2D eigenvalue weighted by molar-refractivity contribution is -0.146. The fourth-order valence-electron chi connectivity index (χ4n) is 4.24. The van der Waals surface area contributed by atoms with Crippen LogP contribution in [0.4, 0.5) is 0 Å². The first kappa shape index (κ1) is 26.8. The second-order valence-electron chi connectivity index (χ2n) is 8.65. The van der Waals surface area contributed by atoms with Crippen LogP contribution in [0.25, 0.3) is 22.2 Å². The lowest BCUT2D eigenvalue weighted by Gasteiger charge is -2.23. The Labute approximate surface area is 223 Å². The second-order valence-corrected chi connectivity index (χ2v) is 11.5. The summed E-state index contributed by atoms with van der Waals surface area (Å²) in [5.41, 5.74) is 2.61. The standard InChI is InChI=1S/C25H23Cl2N3O6S/c1-14(31)30-13-37(34,35)12-22(30)24(32)29-21(25(33)36-2)11-15-6-8-19-16(10-15)7-9-20(28-19)23-17(26)4-3-5-18(23)27/h3-10,21-22H,11-13H2,1-2H3,(H,29,32)/t21-,22-/m0/s1. The van der Waals surface area contributed by atoms with Gasteiger partial charge in [0.05, 0.1) is 34.1 Å². The number of carbonyl (C=O) groups is 3. The number of rotatable bonds is 6. The highest BCUT2D eigenvalue weighted by Gasteiger charge is 2.42. The van der Waals surface area contributed by atoms with Crippen molar-refractivity contribution in [2.75, 3.05) is 18.7 Å². The van der Waals surface area contributed by atoms with E-state index in [1.165, 1.54) is 14.0 Å². The summed E-state index contributed by atoms with van der Waals surface area (Å²) in [7, 11) is -2.41. The van der Waals surface area contributed by atoms with Gasteiger partial charge < -0.3 is 15.0 Å². The molecule has 1 fully saturated rings. The number of amides is 2. The molecule has 0 bridgehead atoms. The number of methoxy groups -OCH3 is 1. The van der Waals surface area contributed by atoms with Crippen molar-refractivity contribution < 1.29 is 27.5 Å². The van der Waals surface area contributed by atoms with Gasteiger partial charge in [0.2, 0.25) is 11.8 Å². The molecular weight excluding hydrogens is 541 g/mol. The van der Waals surface area contributed by atoms with Crippen LogP contribution in [0.1, 0.15) is 12.5 Å². The van der Waals surface area contributed by atoms with E-state index in [1.54, 1.807) is 36.4 Å². The van der Waals surface area contributed by atoms with Crippen molar-refractivity contribution >= 4 is 61.7 Å². The summed E-state index contributed by atoms with van der Waals surface area (Å²) >= 11 is 12.6. The zero-order chi connectivity index (χ0) is 26.9. The maximum absolute atomic E-state index is 12.9. The molecule has 0 radical (unpaired) electrons. The smallest absolute Gasteiger partial charge is 0.328 e. The van der Waals surface area contributed by atoms with E-state index >= 15 is 0 Å². The molecule has 2 aromatic carbocycles. The molecule has 4 rings (SSSR count). The lowest BCUT2D eigenvalue weighted by Crippen LogP contribution is -2.52. The molecule has 1 aliphatic heterocycles. The van der Waals surface area contributed by atoms with E-state index < -0.39 is 51.3 Å². The van der Waals surface area contributed by atoms with Crippen LogP contribution in [0.15, 0.2) is 48.5 Å². The van der Waals surface area contributed by atoms with Crippen LogP contribution in [0, 0.1) is 0 Å². The van der Waals surface area contributed by atoms with Crippen LogP contribution < -0.4 is 5.32 Å². The molecular formula is C25H23Cl2N3O6S. The number of pyridine rings is 1. The lowest BCUT2D eigenvalue weighted by atomic mass is 10.0. The number of halogens is 2. The summed E-state index contributed by atoms with van der Waals surface area (Å²) < 4.78 is 28.9. The second kappa shape index (κ2) is 10.6. The van der Waals surface area contributed by atoms with E-state index in [2.05, 4.69) is 10.3 Å². The van der Waals surface area contributed by atoms with Crippen molar-refractivity contribution in [2.45, 2.75) is 25.4 Å². The average Bonchev–Trinajstić information content (AvgIpc) is 3.19. The molecule has 2 atom stereocenters. The van der Waals surface area contributed by atoms with Gasteiger partial charge in [-0.25, -0.2) is 18.2 Å². The molecule has 1 saturated heterocycles. The monoisotopic (exact) mass is 563 g/mol. The Hall–Kier alpha value is -3.21. The summed E-state index contributed by atoms with van der Waals surface area (Å²) in [5, 5.41) is 4.29. The van der Waals surface area contributed by atoms with Crippen molar-refractivity contribution in [2.24, 2.45) is 0 Å². The predicted molar refractivity (Wildman–Crippen MR) is 140 cm³/mol. The first-order valence-corrected chi connectivity index (χ1v) is 13.8. The van der Waals surface area contributed by atoms with Crippen LogP contribution in [0.5, 0.6) is 0 Å². The number of aromatic nitrogens is 1. The topological polar surface area (TPSA) is 123 Å². The summed E-state index contributed by atoms with van der Waals surface area (Å²) in [6.07, 6.45) is 0.0754. The van der Waals surface area contributed by atoms with Gasteiger partial charge >= 0.3 is 5.97 Å². The van der Waals surface area contributed by atoms with Gasteiger partial charge in [0.1, 0.15) is 18.0 Å². The molecule has 0 saturated carbocycles. The Morgan fingerprint density at radius 2 is 1.84 bits per heavy atom. The number of fused-ring (bicyclic) bond motifs is 1. The Morgan fingerprint density at radius 3 is 2.49 bits per heavy atom. The minimum absolute atomic E-state index is 0.0754. The SMILES string of the molecule is COC(=O)[C@H](Cc1ccc2nc(-c3c(Cl)cccc3Cl)ccc2c1)NC(=O)[C@@H]1CS(=O)(=O)CN1C(C)=O. The molecule has 12 heteroatoms. The Bertz CT molecular complexity index is 1490. The molecule has 3 aromatic rings. The fraction of sp³-hybridized carbons (Fsp3) is 0.280. The molecule has 0 unspecified atom stereocenters. The van der Waals surface area contributed by atoms with Crippen LogP contribution in [-0.4, -0.2) is 66.9 Å². The van der Waals surface area contributed by atoms with Crippen LogP contribution in [0.2, 0.25) is 10.0 Å². The van der Waals surface area contributed by atoms with E-state index in [4.69, 9.17) is 27.9 Å². The van der Waals surface area contributed by atoms with E-state index in [0.29, 0.717) is 32.4 Å². The third kappa shape index (κ3) is 5.87. The zero-order valence-electron chi connectivity index (χ0n) is 19.9. The van der Waals surface area contributed by atoms with Gasteiger partial charge in [-0.15, -0.1) is 0 Å². The summed E-state index contributed by atoms with van der Waals surface area (Å²) in [6.45, 7) is 1.19. The highest BCUT2D eigenvalue weighted by molar-refractivity contribution is 7.91. The number of esters is 1. The largest absolute Gasteiger partial charge is 0.467 e. The predicted octanol–water partition coefficient (Wildman–Crippen LogP) is 3.01. The van der Waals surface area contributed by atoms with Crippen molar-refractivity contribution in [3.63, 3.8) is 0 Å². The number of hydrogen-bond acceptors (Lipinski definition) is 7. The molecule has 1 aliphatic rings. The molecule has 1 N–H and O–H groups in total. The van der Waals surface area contributed by atoms with Crippen molar-refractivity contribution in [3.8, 4) is 11.3 Å². The van der Waals surface area contributed by atoms with Gasteiger partial charge in [-0.05, 0) is 35.9 Å². The normalized spacial score (nSPS) is 17.4. The molecule has 37 heavy (non-hydrogen) atoms. The number of sulfone groups is 1. The summed E-state index contributed by atoms with van der Waals surface area (Å²) in [4.78, 5) is 42.9. The molecule has 194 valence electrons.